The average Bonchev–Trinajstić information content (AvgIpc) is 3.48. The molecule has 6 heteroatoms. The van der Waals surface area contributed by atoms with Crippen molar-refractivity contribution in [1.29, 1.82) is 0 Å². The number of hydrogen-bond donors (Lipinski definition) is 3. The molecular weight excluding hydrogens is 450 g/mol. The second-order valence-corrected chi connectivity index (χ2v) is 9.52. The van der Waals surface area contributed by atoms with Crippen molar-refractivity contribution >= 4 is 10.8 Å². The summed E-state index contributed by atoms with van der Waals surface area (Å²) in [5.74, 6) is 1.82. The highest BCUT2D eigenvalue weighted by atomic mass is 16.5. The lowest BCUT2D eigenvalue weighted by atomic mass is 10.0. The first kappa shape index (κ1) is 22.6. The van der Waals surface area contributed by atoms with Gasteiger partial charge in [0.2, 0.25) is 0 Å². The number of phenolic OH excluding ortho intramolecular Hbond substituents is 1. The summed E-state index contributed by atoms with van der Waals surface area (Å²) in [5.41, 5.74) is 6.52. The predicted molar refractivity (Wildman–Crippen MR) is 144 cm³/mol. The molecule has 2 aliphatic heterocycles. The summed E-state index contributed by atoms with van der Waals surface area (Å²) in [6.07, 6.45) is 3.91. The minimum Gasteiger partial charge on any atom is -0.508 e. The van der Waals surface area contributed by atoms with Gasteiger partial charge >= 0.3 is 0 Å². The second-order valence-electron chi connectivity index (χ2n) is 9.52. The molecule has 0 unspecified atom stereocenters. The van der Waals surface area contributed by atoms with Crippen molar-refractivity contribution in [3.63, 3.8) is 0 Å². The molecule has 3 aliphatic rings. The highest BCUT2D eigenvalue weighted by molar-refractivity contribution is 6.05. The van der Waals surface area contributed by atoms with Crippen molar-refractivity contribution in [3.8, 4) is 50.9 Å². The van der Waals surface area contributed by atoms with E-state index in [1.54, 1.807) is 19.2 Å². The molecule has 1 saturated heterocycles. The summed E-state index contributed by atoms with van der Waals surface area (Å²) in [5, 5.41) is 18.5. The van der Waals surface area contributed by atoms with Gasteiger partial charge in [-0.15, -0.1) is 0 Å². The molecule has 3 aromatic rings. The Morgan fingerprint density at radius 3 is 2.17 bits per heavy atom. The van der Waals surface area contributed by atoms with Gasteiger partial charge in [-0.2, -0.15) is 0 Å². The predicted octanol–water partition coefficient (Wildman–Crippen LogP) is 6.51. The van der Waals surface area contributed by atoms with E-state index in [1.807, 2.05) is 12.1 Å². The number of hydrogen-bond acceptors (Lipinski definition) is 4. The molecule has 0 amide bonds. The Balaban J connectivity index is 1.25. The lowest BCUT2D eigenvalue weighted by molar-refractivity contribution is 0.181. The van der Waals surface area contributed by atoms with Crippen LogP contribution in [0.3, 0.4) is 0 Å². The van der Waals surface area contributed by atoms with Crippen molar-refractivity contribution < 1.29 is 14.6 Å². The molecule has 3 aromatic carbocycles. The minimum atomic E-state index is 0.273. The third kappa shape index (κ3) is 4.29. The zero-order chi connectivity index (χ0) is 24.5. The van der Waals surface area contributed by atoms with Crippen LogP contribution in [0.1, 0.15) is 19.3 Å². The van der Waals surface area contributed by atoms with Crippen molar-refractivity contribution in [2.75, 3.05) is 33.4 Å². The van der Waals surface area contributed by atoms with Crippen LogP contribution < -0.4 is 9.47 Å². The molecule has 36 heavy (non-hydrogen) atoms. The Labute approximate surface area is 210 Å². The van der Waals surface area contributed by atoms with Crippen LogP contribution in [0.2, 0.25) is 0 Å². The van der Waals surface area contributed by atoms with E-state index in [4.69, 9.17) is 9.47 Å². The first-order valence-corrected chi connectivity index (χ1v) is 12.7. The molecule has 2 heterocycles. The van der Waals surface area contributed by atoms with E-state index in [9.17, 15) is 5.11 Å². The summed E-state index contributed by atoms with van der Waals surface area (Å²) in [6.45, 7) is 3.93. The van der Waals surface area contributed by atoms with Gasteiger partial charge in [0.05, 0.1) is 18.5 Å². The molecular formula is C30H31N3O3. The number of likely N-dealkylation sites (tertiary alicyclic amines) is 1. The smallest absolute Gasteiger partial charge is 0.161 e. The molecule has 0 bridgehead atoms. The Hall–Kier alpha value is -3.90. The van der Waals surface area contributed by atoms with E-state index in [2.05, 4.69) is 57.6 Å². The fourth-order valence-corrected chi connectivity index (χ4v) is 5.26. The number of benzene rings is 3. The first-order valence-electron chi connectivity index (χ1n) is 12.7. The number of ether oxygens (including phenoxy) is 2. The molecule has 184 valence electrons. The van der Waals surface area contributed by atoms with Crippen LogP contribution in [0.5, 0.6) is 17.2 Å². The van der Waals surface area contributed by atoms with Crippen LogP contribution in [0.25, 0.3) is 44.4 Å². The second kappa shape index (κ2) is 9.63. The number of methoxy groups -OCH3 is 1. The molecule has 3 N–H and O–H groups in total. The molecule has 1 fully saturated rings. The molecule has 6 rings (SSSR count). The summed E-state index contributed by atoms with van der Waals surface area (Å²) in [7, 11) is 1.70. The van der Waals surface area contributed by atoms with Crippen molar-refractivity contribution in [3.05, 3.63) is 66.7 Å². The number of aromatic nitrogens is 2. The maximum absolute atomic E-state index is 9.55. The highest BCUT2D eigenvalue weighted by Gasteiger charge is 2.20. The van der Waals surface area contributed by atoms with E-state index < -0.39 is 0 Å². The number of aromatic hydroxyl groups is 1. The zero-order valence-electron chi connectivity index (χ0n) is 20.5. The van der Waals surface area contributed by atoms with Gasteiger partial charge in [0.1, 0.15) is 12.4 Å². The molecule has 6 nitrogen and oxygen atoms in total. The fourth-order valence-electron chi connectivity index (χ4n) is 5.26. The standard InChI is InChI=1S/C30H31N3O3/c1-35-27-18-23-17-26-29(22-7-5-20(6-8-22)21-9-11-24(34)12-10-21)31-32-30(26)25(23)19-28(27)36-16-15-33-13-3-2-4-14-33/h5-12,17-19,31-32,34H,2-4,13-16H2,1H3. The monoisotopic (exact) mass is 481 g/mol. The number of rotatable bonds is 7. The van der Waals surface area contributed by atoms with Crippen molar-refractivity contribution in [2.45, 2.75) is 19.3 Å². The SMILES string of the molecule is COc1cc2cc3c(-c4ccc(-c5ccc(O)cc5)cc4)[nH][nH]c-3c2cc1OCCN1CCCCC1. The molecule has 0 atom stereocenters. The summed E-state index contributed by atoms with van der Waals surface area (Å²) < 4.78 is 11.9. The fraction of sp³-hybridized carbons (Fsp3) is 0.267. The van der Waals surface area contributed by atoms with Gasteiger partial charge in [0, 0.05) is 23.1 Å². The maximum Gasteiger partial charge on any atom is 0.161 e. The van der Waals surface area contributed by atoms with Gasteiger partial charge in [-0.25, -0.2) is 0 Å². The summed E-state index contributed by atoms with van der Waals surface area (Å²) in [6, 6.07) is 22.1. The van der Waals surface area contributed by atoms with Crippen LogP contribution in [-0.2, 0) is 0 Å². The third-order valence-corrected chi connectivity index (χ3v) is 7.24. The molecule has 1 aliphatic carbocycles. The van der Waals surface area contributed by atoms with Gasteiger partial charge in [0.25, 0.3) is 0 Å². The number of fused-ring (bicyclic) bond motifs is 3. The van der Waals surface area contributed by atoms with Crippen molar-refractivity contribution in [2.24, 2.45) is 0 Å². The average molecular weight is 482 g/mol. The van der Waals surface area contributed by atoms with Crippen LogP contribution in [-0.4, -0.2) is 53.6 Å². The van der Waals surface area contributed by atoms with Gasteiger partial charge in [-0.3, -0.25) is 15.1 Å². The van der Waals surface area contributed by atoms with Gasteiger partial charge < -0.3 is 14.6 Å². The van der Waals surface area contributed by atoms with Crippen LogP contribution >= 0.6 is 0 Å². The molecule has 0 aromatic heterocycles. The Kier molecular flexibility index (Phi) is 6.03. The van der Waals surface area contributed by atoms with E-state index in [0.717, 1.165) is 62.5 Å². The zero-order valence-corrected chi connectivity index (χ0v) is 20.5. The number of H-pyrrole nitrogens is 2. The maximum atomic E-state index is 9.55. The largest absolute Gasteiger partial charge is 0.508 e. The number of phenols is 1. The van der Waals surface area contributed by atoms with Gasteiger partial charge in [0.15, 0.2) is 11.5 Å². The topological polar surface area (TPSA) is 73.5 Å². The minimum absolute atomic E-state index is 0.273. The lowest BCUT2D eigenvalue weighted by Crippen LogP contribution is -2.33. The third-order valence-electron chi connectivity index (χ3n) is 7.24. The first-order chi connectivity index (χ1) is 17.7. The highest BCUT2D eigenvalue weighted by Crippen LogP contribution is 2.43. The Morgan fingerprint density at radius 1 is 0.778 bits per heavy atom. The number of piperidine rings is 1. The number of nitrogens with zero attached hydrogens (tertiary/aromatic N) is 1. The number of aromatic amines is 2. The van der Waals surface area contributed by atoms with Crippen LogP contribution in [0, 0.1) is 0 Å². The number of nitrogens with one attached hydrogen (secondary N) is 2. The molecule has 0 spiro atoms. The quantitative estimate of drug-likeness (QED) is 0.248. The molecule has 0 saturated carbocycles. The summed E-state index contributed by atoms with van der Waals surface area (Å²) in [4.78, 5) is 2.48. The lowest BCUT2D eigenvalue weighted by Gasteiger charge is -2.26. The van der Waals surface area contributed by atoms with Crippen molar-refractivity contribution in [1.82, 2.24) is 15.1 Å². The normalized spacial score (nSPS) is 14.5. The van der Waals surface area contributed by atoms with Crippen LogP contribution in [0.15, 0.2) is 66.7 Å². The van der Waals surface area contributed by atoms with E-state index >= 15 is 0 Å². The summed E-state index contributed by atoms with van der Waals surface area (Å²) >= 11 is 0. The van der Waals surface area contributed by atoms with Gasteiger partial charge in [-0.1, -0.05) is 42.8 Å². The van der Waals surface area contributed by atoms with E-state index in [0.29, 0.717) is 6.61 Å². The Morgan fingerprint density at radius 2 is 1.44 bits per heavy atom. The van der Waals surface area contributed by atoms with Gasteiger partial charge in [-0.05, 0) is 72.8 Å². The van der Waals surface area contributed by atoms with E-state index in [-0.39, 0.29) is 5.75 Å². The molecule has 0 radical (unpaired) electrons. The van der Waals surface area contributed by atoms with E-state index in [1.165, 1.54) is 32.4 Å². The Bertz CT molecular complexity index is 1430. The van der Waals surface area contributed by atoms with Crippen LogP contribution in [0.4, 0.5) is 0 Å².